The first-order valence-corrected chi connectivity index (χ1v) is 7.95. The number of halogens is 2. The van der Waals surface area contributed by atoms with Gasteiger partial charge in [-0.2, -0.15) is 0 Å². The third kappa shape index (κ3) is 10.4. The number of hydrogen-bond acceptors (Lipinski definition) is 3. The fraction of sp³-hybridized carbons (Fsp3) is 0.500. The average Bonchev–Trinajstić information content (AvgIpc) is 2.51. The molecule has 0 atom stereocenters. The molecular formula is C16H25ClIN3O2. The first kappa shape index (κ1) is 22.0. The van der Waals surface area contributed by atoms with Crippen LogP contribution in [0.4, 0.5) is 0 Å². The van der Waals surface area contributed by atoms with Crippen LogP contribution in [0.5, 0.6) is 0 Å². The molecule has 5 nitrogen and oxygen atoms in total. The van der Waals surface area contributed by atoms with Gasteiger partial charge in [0.05, 0.1) is 13.2 Å². The van der Waals surface area contributed by atoms with E-state index in [0.29, 0.717) is 32.5 Å². The van der Waals surface area contributed by atoms with Gasteiger partial charge in [0.2, 0.25) is 0 Å². The van der Waals surface area contributed by atoms with E-state index in [0.717, 1.165) is 23.1 Å². The van der Waals surface area contributed by atoms with Gasteiger partial charge in [-0.15, -0.1) is 24.0 Å². The van der Waals surface area contributed by atoms with Crippen LogP contribution in [0.15, 0.2) is 29.3 Å². The molecule has 0 spiro atoms. The number of hydrogen-bond donors (Lipinski definition) is 2. The van der Waals surface area contributed by atoms with Crippen LogP contribution < -0.4 is 10.6 Å². The van der Waals surface area contributed by atoms with Gasteiger partial charge in [-0.3, -0.25) is 4.79 Å². The molecule has 0 fully saturated rings. The lowest BCUT2D eigenvalue weighted by atomic mass is 10.2. The number of nitrogens with zero attached hydrogens (tertiary/aromatic N) is 1. The van der Waals surface area contributed by atoms with Crippen molar-refractivity contribution in [1.82, 2.24) is 10.6 Å². The number of carbonyl (C=O) groups excluding carboxylic acids is 1. The topological polar surface area (TPSA) is 62.7 Å². The minimum absolute atomic E-state index is 0. The lowest BCUT2D eigenvalue weighted by Gasteiger charge is -2.11. The molecule has 1 rings (SSSR count). The van der Waals surface area contributed by atoms with Crippen LogP contribution in [0.1, 0.15) is 32.3 Å². The van der Waals surface area contributed by atoms with Gasteiger partial charge in [0, 0.05) is 24.5 Å². The molecule has 1 aromatic carbocycles. The largest absolute Gasteiger partial charge is 0.466 e. The molecule has 0 amide bonds. The van der Waals surface area contributed by atoms with Crippen molar-refractivity contribution in [2.75, 3.05) is 19.7 Å². The number of aliphatic imine (C=N–C) groups is 1. The van der Waals surface area contributed by atoms with Crippen molar-refractivity contribution in [2.24, 2.45) is 4.99 Å². The van der Waals surface area contributed by atoms with E-state index >= 15 is 0 Å². The molecule has 0 aliphatic heterocycles. The zero-order valence-electron chi connectivity index (χ0n) is 13.6. The van der Waals surface area contributed by atoms with E-state index in [4.69, 9.17) is 16.3 Å². The molecule has 0 radical (unpaired) electrons. The summed E-state index contributed by atoms with van der Waals surface area (Å²) in [5.41, 5.74) is 1.09. The number of guanidine groups is 1. The Balaban J connectivity index is 0.00000484. The SMILES string of the molecule is CCNC(=NCc1ccc(Cl)cc1)NCCCC(=O)OCC.I. The van der Waals surface area contributed by atoms with Gasteiger partial charge in [0.25, 0.3) is 0 Å². The van der Waals surface area contributed by atoms with Crippen molar-refractivity contribution in [3.63, 3.8) is 0 Å². The van der Waals surface area contributed by atoms with Crippen LogP contribution in [0, 0.1) is 0 Å². The molecule has 130 valence electrons. The molecule has 0 unspecified atom stereocenters. The Bertz CT molecular complexity index is 481. The number of esters is 1. The second kappa shape index (κ2) is 13.4. The third-order valence-corrected chi connectivity index (χ3v) is 3.08. The molecule has 2 N–H and O–H groups in total. The predicted octanol–water partition coefficient (Wildman–Crippen LogP) is 3.36. The zero-order valence-corrected chi connectivity index (χ0v) is 16.7. The van der Waals surface area contributed by atoms with Crippen molar-refractivity contribution in [3.05, 3.63) is 34.9 Å². The van der Waals surface area contributed by atoms with Crippen LogP contribution in [-0.2, 0) is 16.1 Å². The minimum atomic E-state index is -0.160. The van der Waals surface area contributed by atoms with E-state index in [1.54, 1.807) is 0 Å². The molecule has 0 saturated carbocycles. The standard InChI is InChI=1S/C16H24ClN3O2.HI/c1-3-18-16(19-11-5-6-15(21)22-4-2)20-12-13-7-9-14(17)10-8-13;/h7-10H,3-6,11-12H2,1-2H3,(H2,18,19,20);1H. The van der Waals surface area contributed by atoms with E-state index in [2.05, 4.69) is 15.6 Å². The molecule has 0 aromatic heterocycles. The Kier molecular flexibility index (Phi) is 12.8. The number of ether oxygens (including phenoxy) is 1. The van der Waals surface area contributed by atoms with Crippen molar-refractivity contribution in [1.29, 1.82) is 0 Å². The Morgan fingerprint density at radius 1 is 1.22 bits per heavy atom. The summed E-state index contributed by atoms with van der Waals surface area (Å²) < 4.78 is 4.89. The second-order valence-electron chi connectivity index (χ2n) is 4.66. The number of nitrogens with one attached hydrogen (secondary N) is 2. The van der Waals surface area contributed by atoms with Gasteiger partial charge in [0.15, 0.2) is 5.96 Å². The first-order chi connectivity index (χ1) is 10.7. The van der Waals surface area contributed by atoms with Crippen molar-refractivity contribution in [2.45, 2.75) is 33.2 Å². The van der Waals surface area contributed by atoms with E-state index in [-0.39, 0.29) is 29.9 Å². The van der Waals surface area contributed by atoms with Crippen molar-refractivity contribution in [3.8, 4) is 0 Å². The Labute approximate surface area is 160 Å². The Hall–Kier alpha value is -1.02. The number of rotatable bonds is 8. The fourth-order valence-corrected chi connectivity index (χ4v) is 1.90. The maximum Gasteiger partial charge on any atom is 0.305 e. The summed E-state index contributed by atoms with van der Waals surface area (Å²) in [5, 5.41) is 7.10. The molecule has 0 aliphatic rings. The van der Waals surface area contributed by atoms with Crippen LogP contribution >= 0.6 is 35.6 Å². The average molecular weight is 454 g/mol. The third-order valence-electron chi connectivity index (χ3n) is 2.83. The number of benzene rings is 1. The van der Waals surface area contributed by atoms with Gasteiger partial charge in [-0.25, -0.2) is 4.99 Å². The molecule has 0 bridgehead atoms. The summed E-state index contributed by atoms with van der Waals surface area (Å²) >= 11 is 5.86. The molecular weight excluding hydrogens is 429 g/mol. The molecule has 0 saturated heterocycles. The van der Waals surface area contributed by atoms with Crippen molar-refractivity contribution < 1.29 is 9.53 Å². The van der Waals surface area contributed by atoms with E-state index in [1.807, 2.05) is 38.1 Å². The lowest BCUT2D eigenvalue weighted by molar-refractivity contribution is -0.143. The van der Waals surface area contributed by atoms with Crippen LogP contribution in [0.3, 0.4) is 0 Å². The van der Waals surface area contributed by atoms with Gasteiger partial charge >= 0.3 is 5.97 Å². The summed E-state index contributed by atoms with van der Waals surface area (Å²) in [6, 6.07) is 7.62. The summed E-state index contributed by atoms with van der Waals surface area (Å²) in [6.07, 6.45) is 1.13. The quantitative estimate of drug-likeness (QED) is 0.208. The summed E-state index contributed by atoms with van der Waals surface area (Å²) in [5.74, 6) is 0.578. The second-order valence-corrected chi connectivity index (χ2v) is 5.09. The zero-order chi connectivity index (χ0) is 16.2. The van der Waals surface area contributed by atoms with Gasteiger partial charge in [-0.05, 0) is 38.0 Å². The van der Waals surface area contributed by atoms with E-state index in [1.165, 1.54) is 0 Å². The highest BCUT2D eigenvalue weighted by molar-refractivity contribution is 14.0. The summed E-state index contributed by atoms with van der Waals surface area (Å²) in [6.45, 7) is 6.28. The fourth-order valence-electron chi connectivity index (χ4n) is 1.77. The van der Waals surface area contributed by atoms with Crippen molar-refractivity contribution >= 4 is 47.5 Å². The normalized spacial score (nSPS) is 10.7. The van der Waals surface area contributed by atoms with Gasteiger partial charge in [0.1, 0.15) is 0 Å². The molecule has 23 heavy (non-hydrogen) atoms. The molecule has 1 aromatic rings. The highest BCUT2D eigenvalue weighted by Crippen LogP contribution is 2.10. The molecule has 0 aliphatic carbocycles. The highest BCUT2D eigenvalue weighted by atomic mass is 127. The van der Waals surface area contributed by atoms with Gasteiger partial charge in [-0.1, -0.05) is 23.7 Å². The lowest BCUT2D eigenvalue weighted by Crippen LogP contribution is -2.37. The summed E-state index contributed by atoms with van der Waals surface area (Å²) in [4.78, 5) is 15.7. The van der Waals surface area contributed by atoms with Crippen LogP contribution in [-0.4, -0.2) is 31.6 Å². The number of carbonyl (C=O) groups is 1. The monoisotopic (exact) mass is 453 g/mol. The van der Waals surface area contributed by atoms with Crippen LogP contribution in [0.25, 0.3) is 0 Å². The summed E-state index contributed by atoms with van der Waals surface area (Å²) in [7, 11) is 0. The van der Waals surface area contributed by atoms with E-state index in [9.17, 15) is 4.79 Å². The van der Waals surface area contributed by atoms with E-state index < -0.39 is 0 Å². The molecule has 7 heteroatoms. The minimum Gasteiger partial charge on any atom is -0.466 e. The first-order valence-electron chi connectivity index (χ1n) is 7.58. The Morgan fingerprint density at radius 3 is 2.52 bits per heavy atom. The van der Waals surface area contributed by atoms with Crippen LogP contribution in [0.2, 0.25) is 5.02 Å². The molecule has 0 heterocycles. The maximum absolute atomic E-state index is 11.2. The highest BCUT2D eigenvalue weighted by Gasteiger charge is 2.02. The predicted molar refractivity (Wildman–Crippen MR) is 106 cm³/mol. The van der Waals surface area contributed by atoms with Gasteiger partial charge < -0.3 is 15.4 Å². The Morgan fingerprint density at radius 2 is 1.91 bits per heavy atom. The smallest absolute Gasteiger partial charge is 0.305 e. The maximum atomic E-state index is 11.2.